The van der Waals surface area contributed by atoms with Crippen molar-refractivity contribution in [2.75, 3.05) is 14.2 Å². The molecule has 0 atom stereocenters. The summed E-state index contributed by atoms with van der Waals surface area (Å²) in [6, 6.07) is 25.0. The molecule has 0 aromatic heterocycles. The molecule has 0 saturated carbocycles. The quantitative estimate of drug-likeness (QED) is 0.157. The number of carbonyl (C=O) groups excluding carboxylic acids is 2. The standard InChI is InChI=1S/C40H49N3O6/c1-38(2,3)29-19-15-25(16-20-29)30-14-12-13-26-23-27(17-21-31(26)30)33-28(18-22-32(46-10)34(33)47-11)24-41-35(42-36(44)48-39(4,5)6)43-37(45)49-40(7,8)9/h12-23H,24H2,1-11H3,(H2,41,42,43,44,45). The fourth-order valence-electron chi connectivity index (χ4n) is 5.33. The summed E-state index contributed by atoms with van der Waals surface area (Å²) in [7, 11) is 3.18. The number of benzene rings is 4. The zero-order chi connectivity index (χ0) is 36.1. The maximum Gasteiger partial charge on any atom is 0.414 e. The van der Waals surface area contributed by atoms with Gasteiger partial charge in [-0.1, -0.05) is 81.4 Å². The third kappa shape index (κ3) is 9.75. The molecular weight excluding hydrogens is 618 g/mol. The van der Waals surface area contributed by atoms with E-state index in [-0.39, 0.29) is 17.9 Å². The summed E-state index contributed by atoms with van der Waals surface area (Å²) >= 11 is 0. The molecule has 4 rings (SSSR count). The molecule has 0 radical (unpaired) electrons. The number of guanidine groups is 1. The molecule has 2 N–H and O–H groups in total. The molecule has 260 valence electrons. The number of rotatable bonds is 6. The van der Waals surface area contributed by atoms with Crippen LogP contribution in [-0.4, -0.2) is 43.6 Å². The first-order valence-corrected chi connectivity index (χ1v) is 16.3. The highest BCUT2D eigenvalue weighted by Gasteiger charge is 2.23. The molecule has 0 aliphatic rings. The molecule has 0 saturated heterocycles. The Morgan fingerprint density at radius 3 is 1.82 bits per heavy atom. The lowest BCUT2D eigenvalue weighted by atomic mass is 9.86. The van der Waals surface area contributed by atoms with E-state index in [0.29, 0.717) is 11.5 Å². The van der Waals surface area contributed by atoms with Gasteiger partial charge in [0.05, 0.1) is 20.8 Å². The monoisotopic (exact) mass is 667 g/mol. The summed E-state index contributed by atoms with van der Waals surface area (Å²) < 4.78 is 22.4. The molecule has 0 spiro atoms. The fourth-order valence-corrected chi connectivity index (χ4v) is 5.33. The number of nitrogens with zero attached hydrogens (tertiary/aromatic N) is 1. The van der Waals surface area contributed by atoms with Crippen LogP contribution in [-0.2, 0) is 21.4 Å². The van der Waals surface area contributed by atoms with Gasteiger partial charge >= 0.3 is 12.2 Å². The summed E-state index contributed by atoms with van der Waals surface area (Å²) in [4.78, 5) is 30.0. The molecule has 2 amide bonds. The van der Waals surface area contributed by atoms with Crippen molar-refractivity contribution in [3.63, 3.8) is 0 Å². The number of alkyl carbamates (subject to hydrolysis) is 2. The Morgan fingerprint density at radius 2 is 1.29 bits per heavy atom. The molecule has 0 fully saturated rings. The Kier molecular flexibility index (Phi) is 11.0. The highest BCUT2D eigenvalue weighted by atomic mass is 16.6. The molecule has 4 aromatic carbocycles. The van der Waals surface area contributed by atoms with Gasteiger partial charge in [-0.15, -0.1) is 0 Å². The molecule has 49 heavy (non-hydrogen) atoms. The Labute approximate surface area is 290 Å². The predicted octanol–water partition coefficient (Wildman–Crippen LogP) is 9.39. The van der Waals surface area contributed by atoms with E-state index in [4.69, 9.17) is 18.9 Å². The van der Waals surface area contributed by atoms with Crippen LogP contribution >= 0.6 is 0 Å². The summed E-state index contributed by atoms with van der Waals surface area (Å²) in [5.74, 6) is 0.965. The Hall–Kier alpha value is -5.05. The molecule has 0 heterocycles. The maximum absolute atomic E-state index is 12.7. The number of ether oxygens (including phenoxy) is 4. The largest absolute Gasteiger partial charge is 0.493 e. The number of hydrogen-bond donors (Lipinski definition) is 2. The highest BCUT2D eigenvalue weighted by Crippen LogP contribution is 2.42. The minimum atomic E-state index is -0.770. The molecule has 4 aromatic rings. The SMILES string of the molecule is COc1ccc(CN=C(NC(=O)OC(C)(C)C)NC(=O)OC(C)(C)C)c(-c2ccc3c(-c4ccc(C(C)(C)C)cc4)cccc3c2)c1OC. The molecule has 0 unspecified atom stereocenters. The maximum atomic E-state index is 12.7. The number of fused-ring (bicyclic) bond motifs is 1. The number of carbonyl (C=O) groups is 2. The second-order valence-corrected chi connectivity index (χ2v) is 14.8. The van der Waals surface area contributed by atoms with Crippen LogP contribution in [0.15, 0.2) is 77.8 Å². The Balaban J connectivity index is 1.77. The van der Waals surface area contributed by atoms with Crippen LogP contribution in [0.25, 0.3) is 33.0 Å². The average Bonchev–Trinajstić information content (AvgIpc) is 3.00. The van der Waals surface area contributed by atoms with E-state index in [0.717, 1.165) is 38.6 Å². The van der Waals surface area contributed by atoms with E-state index in [1.807, 2.05) is 6.07 Å². The zero-order valence-corrected chi connectivity index (χ0v) is 30.5. The van der Waals surface area contributed by atoms with Crippen molar-refractivity contribution in [2.45, 2.75) is 85.5 Å². The topological polar surface area (TPSA) is 107 Å². The van der Waals surface area contributed by atoms with Gasteiger partial charge < -0.3 is 18.9 Å². The highest BCUT2D eigenvalue weighted by molar-refractivity contribution is 6.02. The predicted molar refractivity (Wildman–Crippen MR) is 197 cm³/mol. The third-order valence-corrected chi connectivity index (χ3v) is 7.51. The molecule has 9 nitrogen and oxygen atoms in total. The van der Waals surface area contributed by atoms with E-state index in [1.165, 1.54) is 5.56 Å². The molecular formula is C40H49N3O6. The van der Waals surface area contributed by atoms with Crippen LogP contribution in [0.5, 0.6) is 11.5 Å². The number of amides is 2. The van der Waals surface area contributed by atoms with Gasteiger partial charge in [0.15, 0.2) is 11.5 Å². The second kappa shape index (κ2) is 14.6. The number of aliphatic imine (C=N–C) groups is 1. The van der Waals surface area contributed by atoms with Gasteiger partial charge in [-0.05, 0) is 97.7 Å². The van der Waals surface area contributed by atoms with Crippen molar-refractivity contribution in [3.05, 3.63) is 83.9 Å². The van der Waals surface area contributed by atoms with Gasteiger partial charge in [-0.25, -0.2) is 14.6 Å². The van der Waals surface area contributed by atoms with Gasteiger partial charge in [0.1, 0.15) is 11.2 Å². The normalized spacial score (nSPS) is 11.8. The average molecular weight is 668 g/mol. The van der Waals surface area contributed by atoms with E-state index in [9.17, 15) is 9.59 Å². The number of nitrogens with one attached hydrogen (secondary N) is 2. The third-order valence-electron chi connectivity index (χ3n) is 7.51. The summed E-state index contributed by atoms with van der Waals surface area (Å²) in [6.45, 7) is 17.2. The number of hydrogen-bond acceptors (Lipinski definition) is 7. The van der Waals surface area contributed by atoms with E-state index in [2.05, 4.69) is 97.1 Å². The van der Waals surface area contributed by atoms with E-state index >= 15 is 0 Å². The first-order valence-electron chi connectivity index (χ1n) is 16.3. The van der Waals surface area contributed by atoms with Crippen LogP contribution in [0.2, 0.25) is 0 Å². The van der Waals surface area contributed by atoms with Crippen molar-refractivity contribution >= 4 is 28.9 Å². The van der Waals surface area contributed by atoms with Gasteiger partial charge in [0.2, 0.25) is 5.96 Å². The van der Waals surface area contributed by atoms with Crippen LogP contribution < -0.4 is 20.1 Å². The van der Waals surface area contributed by atoms with Crippen molar-refractivity contribution in [1.29, 1.82) is 0 Å². The van der Waals surface area contributed by atoms with Crippen molar-refractivity contribution < 1.29 is 28.5 Å². The lowest BCUT2D eigenvalue weighted by molar-refractivity contribution is 0.0545. The number of methoxy groups -OCH3 is 2. The van der Waals surface area contributed by atoms with Crippen molar-refractivity contribution in [3.8, 4) is 33.8 Å². The van der Waals surface area contributed by atoms with E-state index in [1.54, 1.807) is 61.8 Å². The zero-order valence-electron chi connectivity index (χ0n) is 30.5. The van der Waals surface area contributed by atoms with Crippen molar-refractivity contribution in [1.82, 2.24) is 10.6 Å². The van der Waals surface area contributed by atoms with Gasteiger partial charge in [0.25, 0.3) is 0 Å². The van der Waals surface area contributed by atoms with Gasteiger partial charge in [-0.2, -0.15) is 0 Å². The molecule has 0 bridgehead atoms. The first kappa shape index (κ1) is 36.8. The van der Waals surface area contributed by atoms with Crippen LogP contribution in [0.1, 0.15) is 73.4 Å². The summed E-state index contributed by atoms with van der Waals surface area (Å²) in [5.41, 5.74) is 4.53. The molecule has 0 aliphatic carbocycles. The van der Waals surface area contributed by atoms with E-state index < -0.39 is 23.4 Å². The van der Waals surface area contributed by atoms with Crippen LogP contribution in [0, 0.1) is 0 Å². The van der Waals surface area contributed by atoms with Gasteiger partial charge in [0, 0.05) is 5.56 Å². The molecule has 0 aliphatic heterocycles. The minimum absolute atomic E-state index is 0.0643. The van der Waals surface area contributed by atoms with Crippen LogP contribution in [0.4, 0.5) is 9.59 Å². The van der Waals surface area contributed by atoms with Crippen LogP contribution in [0.3, 0.4) is 0 Å². The minimum Gasteiger partial charge on any atom is -0.493 e. The fraction of sp³-hybridized carbons (Fsp3) is 0.375. The summed E-state index contributed by atoms with van der Waals surface area (Å²) in [6.07, 6.45) is -1.54. The first-order chi connectivity index (χ1) is 22.9. The second-order valence-electron chi connectivity index (χ2n) is 14.8. The molecule has 9 heteroatoms. The van der Waals surface area contributed by atoms with Gasteiger partial charge in [-0.3, -0.25) is 10.6 Å². The lowest BCUT2D eigenvalue weighted by Gasteiger charge is -2.22. The Bertz CT molecular complexity index is 1810. The smallest absolute Gasteiger partial charge is 0.414 e. The Morgan fingerprint density at radius 1 is 0.694 bits per heavy atom. The lowest BCUT2D eigenvalue weighted by Crippen LogP contribution is -2.47. The van der Waals surface area contributed by atoms with Crippen molar-refractivity contribution in [2.24, 2.45) is 4.99 Å². The summed E-state index contributed by atoms with van der Waals surface area (Å²) in [5, 5.41) is 7.26.